The molecule has 1 N–H and O–H groups in total. The Morgan fingerprint density at radius 2 is 2.40 bits per heavy atom. The van der Waals surface area contributed by atoms with Crippen LogP contribution in [0.3, 0.4) is 0 Å². The van der Waals surface area contributed by atoms with Crippen LogP contribution in [0, 0.1) is 6.92 Å². The van der Waals surface area contributed by atoms with Gasteiger partial charge in [-0.3, -0.25) is 0 Å². The Morgan fingerprint density at radius 3 is 3.20 bits per heavy atom. The lowest BCUT2D eigenvalue weighted by Crippen LogP contribution is -1.96. The second kappa shape index (κ2) is 1.90. The number of para-hydroxylation sites is 1. The molecule has 1 aliphatic rings. The lowest BCUT2D eigenvalue weighted by Gasteiger charge is -1.98. The maximum absolute atomic E-state index is 5.32. The minimum absolute atomic E-state index is 0.611. The molecule has 52 valence electrons. The van der Waals surface area contributed by atoms with Crippen molar-refractivity contribution in [2.24, 2.45) is 0 Å². The molecule has 0 amide bonds. The molecule has 0 aliphatic carbocycles. The van der Waals surface area contributed by atoms with Crippen LogP contribution in [0.1, 0.15) is 5.56 Å². The Bertz CT molecular complexity index is 257. The molecule has 1 aromatic rings. The Hall–Kier alpha value is -1.18. The standard InChI is InChI=1S/C8H9NO/c1-6-3-2-4-7-8(6)10-5-9-7/h2-4,9H,5H2,1H3. The highest BCUT2D eigenvalue weighted by molar-refractivity contribution is 5.62. The summed E-state index contributed by atoms with van der Waals surface area (Å²) >= 11 is 0. The second-order valence-electron chi connectivity index (χ2n) is 2.42. The van der Waals surface area contributed by atoms with Crippen molar-refractivity contribution in [3.8, 4) is 5.75 Å². The van der Waals surface area contributed by atoms with E-state index >= 15 is 0 Å². The van der Waals surface area contributed by atoms with Crippen LogP contribution in [0.2, 0.25) is 0 Å². The van der Waals surface area contributed by atoms with Crippen molar-refractivity contribution in [3.63, 3.8) is 0 Å². The first-order valence-corrected chi connectivity index (χ1v) is 3.34. The third-order valence-corrected chi connectivity index (χ3v) is 1.69. The average molecular weight is 135 g/mol. The molecule has 0 aromatic heterocycles. The van der Waals surface area contributed by atoms with E-state index in [2.05, 4.69) is 5.32 Å². The van der Waals surface area contributed by atoms with Crippen molar-refractivity contribution >= 4 is 5.69 Å². The summed E-state index contributed by atoms with van der Waals surface area (Å²) in [4.78, 5) is 0. The minimum atomic E-state index is 0.611. The predicted molar refractivity (Wildman–Crippen MR) is 40.3 cm³/mol. The number of ether oxygens (including phenoxy) is 1. The molecular formula is C8H9NO. The highest BCUT2D eigenvalue weighted by atomic mass is 16.5. The highest BCUT2D eigenvalue weighted by Crippen LogP contribution is 2.31. The maximum Gasteiger partial charge on any atom is 0.159 e. The molecule has 0 bridgehead atoms. The minimum Gasteiger partial charge on any atom is -0.471 e. The van der Waals surface area contributed by atoms with Crippen LogP contribution >= 0.6 is 0 Å². The predicted octanol–water partition coefficient (Wildman–Crippen LogP) is 1.76. The first-order chi connectivity index (χ1) is 4.88. The van der Waals surface area contributed by atoms with Crippen LogP contribution in [-0.2, 0) is 0 Å². The molecule has 2 heteroatoms. The molecular weight excluding hydrogens is 126 g/mol. The van der Waals surface area contributed by atoms with E-state index in [0.717, 1.165) is 11.4 Å². The normalized spacial score (nSPS) is 13.7. The lowest BCUT2D eigenvalue weighted by atomic mass is 10.2. The number of aryl methyl sites for hydroxylation is 1. The first-order valence-electron chi connectivity index (χ1n) is 3.34. The van der Waals surface area contributed by atoms with Crippen LogP contribution in [0.5, 0.6) is 5.75 Å². The third kappa shape index (κ3) is 0.652. The summed E-state index contributed by atoms with van der Waals surface area (Å²) < 4.78 is 5.32. The molecule has 10 heavy (non-hydrogen) atoms. The van der Waals surface area contributed by atoms with Crippen molar-refractivity contribution in [2.45, 2.75) is 6.92 Å². The number of benzene rings is 1. The van der Waals surface area contributed by atoms with Gasteiger partial charge in [0.15, 0.2) is 6.73 Å². The fraction of sp³-hybridized carbons (Fsp3) is 0.250. The number of rotatable bonds is 0. The van der Waals surface area contributed by atoms with Gasteiger partial charge < -0.3 is 10.1 Å². The van der Waals surface area contributed by atoms with Crippen molar-refractivity contribution in [1.29, 1.82) is 0 Å². The molecule has 0 saturated heterocycles. The quantitative estimate of drug-likeness (QED) is 0.585. The van der Waals surface area contributed by atoms with E-state index in [4.69, 9.17) is 4.74 Å². The molecule has 1 heterocycles. The Labute approximate surface area is 59.8 Å². The Kier molecular flexibility index (Phi) is 1.07. The van der Waals surface area contributed by atoms with Gasteiger partial charge in [0.1, 0.15) is 5.75 Å². The molecule has 0 atom stereocenters. The average Bonchev–Trinajstić information content (AvgIpc) is 2.36. The van der Waals surface area contributed by atoms with E-state index in [1.54, 1.807) is 0 Å². The van der Waals surface area contributed by atoms with Crippen molar-refractivity contribution in [2.75, 3.05) is 12.0 Å². The van der Waals surface area contributed by atoms with Crippen LogP contribution in [0.15, 0.2) is 18.2 Å². The molecule has 0 fully saturated rings. The molecule has 0 unspecified atom stereocenters. The highest BCUT2D eigenvalue weighted by Gasteiger charge is 2.11. The van der Waals surface area contributed by atoms with Crippen LogP contribution in [0.4, 0.5) is 5.69 Å². The summed E-state index contributed by atoms with van der Waals surface area (Å²) in [5.41, 5.74) is 2.31. The number of hydrogen-bond acceptors (Lipinski definition) is 2. The molecule has 1 aliphatic heterocycles. The maximum atomic E-state index is 5.32. The zero-order valence-electron chi connectivity index (χ0n) is 5.85. The van der Waals surface area contributed by atoms with Gasteiger partial charge >= 0.3 is 0 Å². The molecule has 2 nitrogen and oxygen atoms in total. The van der Waals surface area contributed by atoms with Gasteiger partial charge in [0.05, 0.1) is 5.69 Å². The number of anilines is 1. The molecule has 2 rings (SSSR count). The van der Waals surface area contributed by atoms with E-state index in [9.17, 15) is 0 Å². The Morgan fingerprint density at radius 1 is 1.50 bits per heavy atom. The van der Waals surface area contributed by atoms with Gasteiger partial charge in [0.25, 0.3) is 0 Å². The van der Waals surface area contributed by atoms with Crippen molar-refractivity contribution in [1.82, 2.24) is 0 Å². The number of nitrogens with one attached hydrogen (secondary N) is 1. The second-order valence-corrected chi connectivity index (χ2v) is 2.42. The van der Waals surface area contributed by atoms with E-state index < -0.39 is 0 Å². The fourth-order valence-electron chi connectivity index (χ4n) is 1.17. The van der Waals surface area contributed by atoms with Crippen molar-refractivity contribution < 1.29 is 4.74 Å². The number of hydrogen-bond donors (Lipinski definition) is 1. The van der Waals surface area contributed by atoms with Crippen molar-refractivity contribution in [3.05, 3.63) is 23.8 Å². The Balaban J connectivity index is 2.59. The zero-order valence-corrected chi connectivity index (χ0v) is 5.85. The zero-order chi connectivity index (χ0) is 6.97. The fourth-order valence-corrected chi connectivity index (χ4v) is 1.17. The molecule has 0 saturated carbocycles. The summed E-state index contributed by atoms with van der Waals surface area (Å²) in [6.07, 6.45) is 0. The molecule has 0 spiro atoms. The van der Waals surface area contributed by atoms with Gasteiger partial charge in [-0.2, -0.15) is 0 Å². The van der Waals surface area contributed by atoms with Gasteiger partial charge in [0, 0.05) is 0 Å². The van der Waals surface area contributed by atoms with E-state index in [1.165, 1.54) is 5.56 Å². The third-order valence-electron chi connectivity index (χ3n) is 1.69. The van der Waals surface area contributed by atoms with E-state index in [-0.39, 0.29) is 0 Å². The summed E-state index contributed by atoms with van der Waals surface area (Å²) in [5.74, 6) is 1.00. The summed E-state index contributed by atoms with van der Waals surface area (Å²) in [6, 6.07) is 6.09. The van der Waals surface area contributed by atoms with Gasteiger partial charge in [0.2, 0.25) is 0 Å². The molecule has 1 aromatic carbocycles. The van der Waals surface area contributed by atoms with Crippen LogP contribution < -0.4 is 10.1 Å². The summed E-state index contributed by atoms with van der Waals surface area (Å²) in [7, 11) is 0. The topological polar surface area (TPSA) is 21.3 Å². The SMILES string of the molecule is Cc1cccc2c1OCN2. The van der Waals surface area contributed by atoms with E-state index in [0.29, 0.717) is 6.73 Å². The van der Waals surface area contributed by atoms with Crippen LogP contribution in [0.25, 0.3) is 0 Å². The lowest BCUT2D eigenvalue weighted by molar-refractivity contribution is 0.370. The van der Waals surface area contributed by atoms with Gasteiger partial charge in [-0.05, 0) is 18.6 Å². The molecule has 0 radical (unpaired) electrons. The van der Waals surface area contributed by atoms with Gasteiger partial charge in [-0.1, -0.05) is 12.1 Å². The number of fused-ring (bicyclic) bond motifs is 1. The summed E-state index contributed by atoms with van der Waals surface area (Å²) in [6.45, 7) is 2.66. The largest absolute Gasteiger partial charge is 0.471 e. The van der Waals surface area contributed by atoms with Gasteiger partial charge in [-0.25, -0.2) is 0 Å². The smallest absolute Gasteiger partial charge is 0.159 e. The van der Waals surface area contributed by atoms with Gasteiger partial charge in [-0.15, -0.1) is 0 Å². The first kappa shape index (κ1) is 5.59. The van der Waals surface area contributed by atoms with Crippen LogP contribution in [-0.4, -0.2) is 6.73 Å². The monoisotopic (exact) mass is 135 g/mol. The van der Waals surface area contributed by atoms with E-state index in [1.807, 2.05) is 25.1 Å². The summed E-state index contributed by atoms with van der Waals surface area (Å²) in [5, 5.41) is 3.12.